The standard InChI is InChI=1S/C22H28N6O4S/c1-3-28-20-18(24-22(28)27-10-5-7-16(23)13-27)9-11-26(21(20)30)14-19(29)15-6-4-8-17(12-15)25-33(2,31)32/h4,6,8-9,11-12,16,25H,3,5,7,10,13-14,23H2,1-2H3. The van der Waals surface area contributed by atoms with Crippen molar-refractivity contribution in [3.63, 3.8) is 0 Å². The molecule has 0 radical (unpaired) electrons. The van der Waals surface area contributed by atoms with Gasteiger partial charge in [-0.15, -0.1) is 0 Å². The fraction of sp³-hybridized carbons (Fsp3) is 0.409. The van der Waals surface area contributed by atoms with Crippen LogP contribution in [0.15, 0.2) is 41.3 Å². The van der Waals surface area contributed by atoms with E-state index in [1.54, 1.807) is 30.5 Å². The van der Waals surface area contributed by atoms with Crippen molar-refractivity contribution in [2.75, 3.05) is 29.0 Å². The number of ketones is 1. The number of hydrogen-bond acceptors (Lipinski definition) is 7. The topological polar surface area (TPSA) is 132 Å². The number of carbonyl (C=O) groups is 1. The molecule has 3 N–H and O–H groups in total. The van der Waals surface area contributed by atoms with Crippen LogP contribution in [0.1, 0.15) is 30.1 Å². The van der Waals surface area contributed by atoms with Gasteiger partial charge in [0.1, 0.15) is 5.52 Å². The third-order valence-electron chi connectivity index (χ3n) is 5.71. The maximum absolute atomic E-state index is 13.3. The average Bonchev–Trinajstić information content (AvgIpc) is 3.14. The van der Waals surface area contributed by atoms with Crippen LogP contribution in [0.4, 0.5) is 11.6 Å². The lowest BCUT2D eigenvalue weighted by Crippen LogP contribution is -2.44. The van der Waals surface area contributed by atoms with Gasteiger partial charge in [-0.3, -0.25) is 14.3 Å². The second-order valence-electron chi connectivity index (χ2n) is 8.37. The van der Waals surface area contributed by atoms with Gasteiger partial charge >= 0.3 is 0 Å². The second-order valence-corrected chi connectivity index (χ2v) is 10.1. The van der Waals surface area contributed by atoms with Crippen molar-refractivity contribution >= 4 is 38.5 Å². The predicted octanol–water partition coefficient (Wildman–Crippen LogP) is 1.40. The molecule has 1 aliphatic rings. The summed E-state index contributed by atoms with van der Waals surface area (Å²) in [5.74, 6) is 0.418. The molecule has 0 amide bonds. The average molecular weight is 473 g/mol. The van der Waals surface area contributed by atoms with Crippen molar-refractivity contribution in [2.45, 2.75) is 38.9 Å². The van der Waals surface area contributed by atoms with E-state index in [9.17, 15) is 18.0 Å². The first-order chi connectivity index (χ1) is 15.7. The van der Waals surface area contributed by atoms with E-state index in [2.05, 4.69) is 9.62 Å². The zero-order chi connectivity index (χ0) is 23.8. The van der Waals surface area contributed by atoms with E-state index in [0.29, 0.717) is 35.4 Å². The molecule has 0 saturated carbocycles. The Morgan fingerprint density at radius 2 is 2.09 bits per heavy atom. The van der Waals surface area contributed by atoms with Crippen molar-refractivity contribution < 1.29 is 13.2 Å². The Morgan fingerprint density at radius 3 is 2.79 bits per heavy atom. The number of sulfonamides is 1. The maximum Gasteiger partial charge on any atom is 0.277 e. The summed E-state index contributed by atoms with van der Waals surface area (Å²) in [6.45, 7) is 3.87. The van der Waals surface area contributed by atoms with Crippen molar-refractivity contribution in [1.29, 1.82) is 0 Å². The van der Waals surface area contributed by atoms with Gasteiger partial charge in [0.05, 0.1) is 18.3 Å². The Balaban J connectivity index is 1.65. The molecule has 1 aromatic carbocycles. The van der Waals surface area contributed by atoms with Gasteiger partial charge in [-0.25, -0.2) is 13.4 Å². The van der Waals surface area contributed by atoms with Crippen molar-refractivity contribution in [1.82, 2.24) is 14.1 Å². The van der Waals surface area contributed by atoms with Gasteiger partial charge in [-0.2, -0.15) is 0 Å². The minimum atomic E-state index is -3.47. The highest BCUT2D eigenvalue weighted by molar-refractivity contribution is 7.92. The number of nitrogens with two attached hydrogens (primary N) is 1. The number of nitrogens with one attached hydrogen (secondary N) is 1. The van der Waals surface area contributed by atoms with Crippen LogP contribution >= 0.6 is 0 Å². The summed E-state index contributed by atoms with van der Waals surface area (Å²) < 4.78 is 28.6. The van der Waals surface area contributed by atoms with E-state index < -0.39 is 10.0 Å². The van der Waals surface area contributed by atoms with Crippen LogP contribution in [0.2, 0.25) is 0 Å². The number of pyridine rings is 1. The summed E-state index contributed by atoms with van der Waals surface area (Å²) in [6, 6.07) is 8.02. The van der Waals surface area contributed by atoms with Crippen LogP contribution in [0.25, 0.3) is 11.0 Å². The highest BCUT2D eigenvalue weighted by Gasteiger charge is 2.24. The number of hydrogen-bond donors (Lipinski definition) is 2. The fourth-order valence-electron chi connectivity index (χ4n) is 4.24. The normalized spacial score (nSPS) is 16.8. The molecule has 1 fully saturated rings. The van der Waals surface area contributed by atoms with Gasteiger partial charge in [0.15, 0.2) is 5.78 Å². The molecule has 0 aliphatic carbocycles. The van der Waals surface area contributed by atoms with Gasteiger partial charge < -0.3 is 19.8 Å². The fourth-order valence-corrected chi connectivity index (χ4v) is 4.79. The Kier molecular flexibility index (Phi) is 6.26. The van der Waals surface area contributed by atoms with Crippen LogP contribution in [0.5, 0.6) is 0 Å². The SMILES string of the molecule is CCn1c(N2CCCC(N)C2)nc2ccn(CC(=O)c3cccc(NS(C)(=O)=O)c3)c(=O)c21. The molecule has 1 atom stereocenters. The molecule has 11 heteroatoms. The second kappa shape index (κ2) is 8.99. The van der Waals surface area contributed by atoms with Gasteiger partial charge in [-0.1, -0.05) is 12.1 Å². The molecule has 3 aromatic rings. The third-order valence-corrected chi connectivity index (χ3v) is 6.32. The number of carbonyl (C=O) groups excluding carboxylic acids is 1. The molecule has 10 nitrogen and oxygen atoms in total. The van der Waals surface area contributed by atoms with Gasteiger partial charge in [0, 0.05) is 43.1 Å². The van der Waals surface area contributed by atoms with E-state index >= 15 is 0 Å². The molecule has 4 rings (SSSR count). The Bertz CT molecular complexity index is 1360. The zero-order valence-corrected chi connectivity index (χ0v) is 19.5. The van der Waals surface area contributed by atoms with Crippen LogP contribution < -0.4 is 20.9 Å². The summed E-state index contributed by atoms with van der Waals surface area (Å²) in [5, 5.41) is 0. The molecule has 176 valence electrons. The quantitative estimate of drug-likeness (QED) is 0.497. The summed E-state index contributed by atoms with van der Waals surface area (Å²) in [6.07, 6.45) is 4.55. The van der Waals surface area contributed by atoms with Crippen LogP contribution in [-0.4, -0.2) is 53.7 Å². The smallest absolute Gasteiger partial charge is 0.277 e. The number of nitrogens with zero attached hydrogens (tertiary/aromatic N) is 4. The molecule has 2 aromatic heterocycles. The molecule has 1 unspecified atom stereocenters. The number of anilines is 2. The van der Waals surface area contributed by atoms with Crippen molar-refractivity contribution in [3.05, 3.63) is 52.4 Å². The highest BCUT2D eigenvalue weighted by atomic mass is 32.2. The maximum atomic E-state index is 13.3. The zero-order valence-electron chi connectivity index (χ0n) is 18.7. The number of benzene rings is 1. The molecule has 1 saturated heterocycles. The van der Waals surface area contributed by atoms with E-state index in [1.165, 1.54) is 10.6 Å². The molecule has 0 bridgehead atoms. The Hall–Kier alpha value is -3.18. The van der Waals surface area contributed by atoms with E-state index in [-0.39, 0.29) is 23.9 Å². The van der Waals surface area contributed by atoms with Crippen molar-refractivity contribution in [2.24, 2.45) is 5.73 Å². The predicted molar refractivity (Wildman–Crippen MR) is 128 cm³/mol. The highest BCUT2D eigenvalue weighted by Crippen LogP contribution is 2.23. The van der Waals surface area contributed by atoms with Gasteiger partial charge in [0.2, 0.25) is 16.0 Å². The number of piperidine rings is 1. The molecule has 33 heavy (non-hydrogen) atoms. The number of Topliss-reactive ketones (excluding diaryl/α,β-unsaturated/α-hetero) is 1. The first kappa shape index (κ1) is 23.0. The monoisotopic (exact) mass is 472 g/mol. The molecule has 0 spiro atoms. The van der Waals surface area contributed by atoms with Gasteiger partial charge in [0.25, 0.3) is 5.56 Å². The van der Waals surface area contributed by atoms with Crippen LogP contribution in [0.3, 0.4) is 0 Å². The summed E-state index contributed by atoms with van der Waals surface area (Å²) in [5.41, 5.74) is 7.47. The van der Waals surface area contributed by atoms with Crippen LogP contribution in [0, 0.1) is 0 Å². The minimum absolute atomic E-state index is 0.0751. The largest absolute Gasteiger partial charge is 0.341 e. The van der Waals surface area contributed by atoms with E-state index in [1.807, 2.05) is 11.5 Å². The Labute approximate surface area is 192 Å². The Morgan fingerprint density at radius 1 is 1.30 bits per heavy atom. The number of rotatable bonds is 7. The number of imidazole rings is 1. The first-order valence-corrected chi connectivity index (χ1v) is 12.8. The third kappa shape index (κ3) is 4.93. The lowest BCUT2D eigenvalue weighted by Gasteiger charge is -2.31. The molecule has 3 heterocycles. The lowest BCUT2D eigenvalue weighted by molar-refractivity contribution is 0.0971. The molecular weight excluding hydrogens is 444 g/mol. The number of aromatic nitrogens is 3. The van der Waals surface area contributed by atoms with Crippen LogP contribution in [-0.2, 0) is 23.1 Å². The number of aryl methyl sites for hydroxylation is 1. The summed E-state index contributed by atoms with van der Waals surface area (Å²) >= 11 is 0. The minimum Gasteiger partial charge on any atom is -0.341 e. The van der Waals surface area contributed by atoms with E-state index in [4.69, 9.17) is 10.7 Å². The first-order valence-electron chi connectivity index (χ1n) is 10.9. The van der Waals surface area contributed by atoms with Crippen molar-refractivity contribution in [3.8, 4) is 0 Å². The van der Waals surface area contributed by atoms with Gasteiger partial charge in [-0.05, 0) is 38.0 Å². The van der Waals surface area contributed by atoms with E-state index in [0.717, 1.165) is 31.6 Å². The summed E-state index contributed by atoms with van der Waals surface area (Å²) in [4.78, 5) is 33.0. The molecule has 1 aliphatic heterocycles. The lowest BCUT2D eigenvalue weighted by atomic mass is 10.1. The molecular formula is C22H28N6O4S. The number of fused-ring (bicyclic) bond motifs is 1. The summed E-state index contributed by atoms with van der Waals surface area (Å²) in [7, 11) is -3.47.